The van der Waals surface area contributed by atoms with Crippen LogP contribution in [0.4, 0.5) is 0 Å². The molecule has 0 unspecified atom stereocenters. The van der Waals surface area contributed by atoms with Gasteiger partial charge < -0.3 is 4.74 Å². The van der Waals surface area contributed by atoms with Crippen molar-refractivity contribution in [1.82, 2.24) is 14.1 Å². The van der Waals surface area contributed by atoms with Gasteiger partial charge in [-0.05, 0) is 124 Å². The second-order valence-corrected chi connectivity index (χ2v) is 18.1. The molecular formula is C59H54N4O. The summed E-state index contributed by atoms with van der Waals surface area (Å²) in [5.41, 5.74) is 5.44. The fourth-order valence-corrected chi connectivity index (χ4v) is 8.71. The molecule has 10 aromatic rings. The highest BCUT2D eigenvalue weighted by molar-refractivity contribution is 6.09. The molecule has 0 N–H and O–H groups in total. The van der Waals surface area contributed by atoms with Crippen LogP contribution in [-0.4, -0.2) is 14.1 Å². The van der Waals surface area contributed by atoms with Gasteiger partial charge in [-0.2, -0.15) is 0 Å². The SMILES string of the molecule is [2H]c1c([2H])c([2H])c(-c2cnc(-n3c4ccccc4c4ccc(Oc5cccc(-n6[c-][n+](-c7c(C(C)(C)C)cccc7C(C)(C)C)c7ccc(-c8c(C([2H])([2H])[2H])cccc8C([2H])([2H])[2H])cc76)c5)cc43)cc2C([2H])([2H])[2H])c([2H])c1[2H]. The first-order valence-electron chi connectivity index (χ1n) is 28.1. The minimum Gasteiger partial charge on any atom is -0.458 e. The fraction of sp³-hybridized carbons (Fsp3) is 0.186. The van der Waals surface area contributed by atoms with Crippen LogP contribution < -0.4 is 9.30 Å². The summed E-state index contributed by atoms with van der Waals surface area (Å²) in [7, 11) is 0. The summed E-state index contributed by atoms with van der Waals surface area (Å²) in [6.45, 7) is 4.90. The van der Waals surface area contributed by atoms with Crippen LogP contribution in [0.3, 0.4) is 0 Å². The molecule has 64 heavy (non-hydrogen) atoms. The number of imidazole rings is 1. The molecular weight excluding hydrogens is 781 g/mol. The number of hydrogen-bond acceptors (Lipinski definition) is 2. The Kier molecular flexibility index (Phi) is 6.73. The number of nitrogens with zero attached hydrogens (tertiary/aromatic N) is 4. The van der Waals surface area contributed by atoms with E-state index in [1.165, 1.54) is 30.5 Å². The zero-order valence-electron chi connectivity index (χ0n) is 50.4. The van der Waals surface area contributed by atoms with Crippen LogP contribution in [0.25, 0.3) is 72.3 Å². The van der Waals surface area contributed by atoms with Gasteiger partial charge in [0, 0.05) is 40.9 Å². The van der Waals surface area contributed by atoms with Gasteiger partial charge in [-0.15, -0.1) is 0 Å². The fourth-order valence-electron chi connectivity index (χ4n) is 8.71. The Morgan fingerprint density at radius 1 is 0.609 bits per heavy atom. The van der Waals surface area contributed by atoms with E-state index in [9.17, 15) is 0 Å². The van der Waals surface area contributed by atoms with Crippen molar-refractivity contribution in [3.63, 3.8) is 0 Å². The second kappa shape index (κ2) is 15.5. The zero-order chi connectivity index (χ0) is 56.3. The van der Waals surface area contributed by atoms with Crippen LogP contribution in [0, 0.1) is 26.9 Å². The van der Waals surface area contributed by atoms with E-state index in [4.69, 9.17) is 28.9 Å². The van der Waals surface area contributed by atoms with Gasteiger partial charge in [0.2, 0.25) is 0 Å². The van der Waals surface area contributed by atoms with E-state index < -0.39 is 50.8 Å². The molecule has 0 amide bonds. The summed E-state index contributed by atoms with van der Waals surface area (Å²) in [4.78, 5) is 4.71. The molecule has 0 fully saturated rings. The standard InChI is InChI=1S/C59H54N4O/c1-38-18-15-19-39(2)56(38)42-28-31-52-54(33-42)61(37-62(52)57-49(58(4,5)6)25-17-26-50(57)59(7,8)9)43-22-16-23-44(34-43)64-45-29-30-47-46-24-13-14-27-51(46)63(53(47)35-45)55-32-40(3)48(36-60-55)41-20-11-10-12-21-41/h10-36H,1-9H3/i1D3,2D3,3D3,10D,11D,12D,20D,21D. The van der Waals surface area contributed by atoms with Gasteiger partial charge >= 0.3 is 0 Å². The number of rotatable bonds is 7. The van der Waals surface area contributed by atoms with Gasteiger partial charge in [-0.25, -0.2) is 4.98 Å². The molecule has 0 radical (unpaired) electrons. The van der Waals surface area contributed by atoms with Gasteiger partial charge in [0.05, 0.1) is 40.3 Å². The van der Waals surface area contributed by atoms with Crippen molar-refractivity contribution in [3.8, 4) is 50.9 Å². The quantitative estimate of drug-likeness (QED) is 0.118. The van der Waals surface area contributed by atoms with E-state index >= 15 is 0 Å². The van der Waals surface area contributed by atoms with Gasteiger partial charge in [-0.3, -0.25) is 13.7 Å². The number of pyridine rings is 1. The molecule has 0 aliphatic carbocycles. The van der Waals surface area contributed by atoms with Crippen LogP contribution in [0.5, 0.6) is 11.5 Å². The van der Waals surface area contributed by atoms with Crippen LogP contribution in [0.1, 0.15) is 88.6 Å². The maximum Gasteiger partial charge on any atom is 0.269 e. The van der Waals surface area contributed by atoms with E-state index in [2.05, 4.69) is 66.1 Å². The predicted octanol–water partition coefficient (Wildman–Crippen LogP) is 14.8. The largest absolute Gasteiger partial charge is 0.458 e. The van der Waals surface area contributed by atoms with Crippen LogP contribution in [0.2, 0.25) is 0 Å². The lowest BCUT2D eigenvalue weighted by molar-refractivity contribution is -0.574. The molecule has 5 nitrogen and oxygen atoms in total. The van der Waals surface area contributed by atoms with E-state index in [0.717, 1.165) is 33.1 Å². The molecule has 0 saturated heterocycles. The summed E-state index contributed by atoms with van der Waals surface area (Å²) >= 11 is 0. The summed E-state index contributed by atoms with van der Waals surface area (Å²) in [6.07, 6.45) is 4.92. The van der Waals surface area contributed by atoms with E-state index in [0.29, 0.717) is 39.3 Å². The lowest BCUT2D eigenvalue weighted by Crippen LogP contribution is -2.37. The average molecular weight is 849 g/mol. The van der Waals surface area contributed by atoms with Crippen LogP contribution in [-0.2, 0) is 10.8 Å². The number of fused-ring (bicyclic) bond motifs is 4. The number of aromatic nitrogens is 4. The molecule has 3 heterocycles. The third-order valence-electron chi connectivity index (χ3n) is 11.7. The minimum absolute atomic E-state index is 0.0798. The smallest absolute Gasteiger partial charge is 0.269 e. The Bertz CT molecular complexity index is 3970. The Balaban J connectivity index is 1.15. The molecule has 7 aromatic carbocycles. The molecule has 0 saturated carbocycles. The van der Waals surface area contributed by atoms with E-state index in [1.807, 2.05) is 81.9 Å². The summed E-state index contributed by atoms with van der Waals surface area (Å²) in [5, 5.41) is 1.64. The summed E-state index contributed by atoms with van der Waals surface area (Å²) < 4.78 is 131. The highest BCUT2D eigenvalue weighted by atomic mass is 16.5. The summed E-state index contributed by atoms with van der Waals surface area (Å²) in [6, 6.07) is 35.2. The molecule has 0 atom stereocenters. The normalized spacial score (nSPS) is 15.9. The topological polar surface area (TPSA) is 35.9 Å². The molecule has 0 bridgehead atoms. The first-order chi connectivity index (χ1) is 36.4. The van der Waals surface area contributed by atoms with Crippen molar-refractivity contribution in [1.29, 1.82) is 0 Å². The minimum atomic E-state index is -2.79. The Morgan fingerprint density at radius 3 is 2.03 bits per heavy atom. The molecule has 3 aromatic heterocycles. The predicted molar refractivity (Wildman–Crippen MR) is 265 cm³/mol. The van der Waals surface area contributed by atoms with Gasteiger partial charge in [0.15, 0.2) is 0 Å². The second-order valence-electron chi connectivity index (χ2n) is 18.1. The summed E-state index contributed by atoms with van der Waals surface area (Å²) in [5.74, 6) is 1.06. The number of ether oxygens (including phenoxy) is 1. The monoisotopic (exact) mass is 849 g/mol. The number of benzene rings is 7. The molecule has 0 aliphatic heterocycles. The van der Waals surface area contributed by atoms with Crippen LogP contribution >= 0.6 is 0 Å². The van der Waals surface area contributed by atoms with Crippen LogP contribution in [0.15, 0.2) is 164 Å². The highest BCUT2D eigenvalue weighted by Gasteiger charge is 2.28. The number of aryl methyl sites for hydroxylation is 3. The molecule has 0 spiro atoms. The number of para-hydroxylation sites is 2. The third kappa shape index (κ3) is 7.15. The first kappa shape index (κ1) is 27.7. The van der Waals surface area contributed by atoms with Crippen molar-refractivity contribution in [2.24, 2.45) is 0 Å². The van der Waals surface area contributed by atoms with Crippen molar-refractivity contribution in [3.05, 3.63) is 198 Å². The average Bonchev–Trinajstić information content (AvgIpc) is 4.05. The molecule has 0 aliphatic rings. The maximum absolute atomic E-state index is 8.64. The lowest BCUT2D eigenvalue weighted by Gasteiger charge is -2.30. The zero-order valence-corrected chi connectivity index (χ0v) is 36.4. The van der Waals surface area contributed by atoms with E-state index in [-0.39, 0.29) is 50.0 Å². The van der Waals surface area contributed by atoms with Crippen molar-refractivity contribution in [2.75, 3.05) is 0 Å². The third-order valence-corrected chi connectivity index (χ3v) is 11.7. The Hall–Kier alpha value is -7.24. The molecule has 316 valence electrons. The van der Waals surface area contributed by atoms with Gasteiger partial charge in [-0.1, -0.05) is 145 Å². The molecule has 5 heteroatoms. The highest BCUT2D eigenvalue weighted by Crippen LogP contribution is 2.39. The van der Waals surface area contributed by atoms with Gasteiger partial charge in [0.25, 0.3) is 6.33 Å². The lowest BCUT2D eigenvalue weighted by atomic mass is 9.78. The van der Waals surface area contributed by atoms with Gasteiger partial charge in [0.1, 0.15) is 17.3 Å². The number of hydrogen-bond donors (Lipinski definition) is 0. The van der Waals surface area contributed by atoms with Crippen molar-refractivity contribution < 1.29 is 28.5 Å². The van der Waals surface area contributed by atoms with Crippen molar-refractivity contribution >= 4 is 32.8 Å². The first-order valence-corrected chi connectivity index (χ1v) is 21.1. The Labute approximate surface area is 396 Å². The maximum atomic E-state index is 8.64. The Morgan fingerprint density at radius 2 is 1.30 bits per heavy atom. The van der Waals surface area contributed by atoms with E-state index in [1.54, 1.807) is 16.7 Å². The molecule has 10 rings (SSSR count). The van der Waals surface area contributed by atoms with Crippen molar-refractivity contribution in [2.45, 2.75) is 72.9 Å².